The summed E-state index contributed by atoms with van der Waals surface area (Å²) in [6.45, 7) is 0.165. The lowest BCUT2D eigenvalue weighted by Gasteiger charge is -2.34. The van der Waals surface area contributed by atoms with E-state index in [1.807, 2.05) is 6.07 Å². The SMILES string of the molecule is CN1c2c(cccc2OCC2(S(N)(=O)=O)CC2)C=C(C(=O)NCc2ccc(C#N)cc2)C1O. The van der Waals surface area contributed by atoms with E-state index in [9.17, 15) is 18.3 Å². The summed E-state index contributed by atoms with van der Waals surface area (Å²) < 4.78 is 28.4. The van der Waals surface area contributed by atoms with Crippen molar-refractivity contribution >= 4 is 27.7 Å². The average Bonchev–Trinajstić information content (AvgIpc) is 3.60. The summed E-state index contributed by atoms with van der Waals surface area (Å²) >= 11 is 0. The van der Waals surface area contributed by atoms with E-state index >= 15 is 0 Å². The number of anilines is 1. The lowest BCUT2D eigenvalue weighted by molar-refractivity contribution is -0.118. The second-order valence-corrected chi connectivity index (χ2v) is 10.2. The van der Waals surface area contributed by atoms with Crippen LogP contribution in [0.1, 0.15) is 29.5 Å². The van der Waals surface area contributed by atoms with E-state index in [0.717, 1.165) is 5.56 Å². The van der Waals surface area contributed by atoms with Crippen LogP contribution in [0.15, 0.2) is 48.0 Å². The number of sulfonamides is 1. The van der Waals surface area contributed by atoms with Gasteiger partial charge in [-0.15, -0.1) is 0 Å². The molecule has 172 valence electrons. The van der Waals surface area contributed by atoms with Crippen LogP contribution in [0.4, 0.5) is 5.69 Å². The van der Waals surface area contributed by atoms with Gasteiger partial charge in [0.05, 0.1) is 22.9 Å². The molecule has 1 aliphatic heterocycles. The van der Waals surface area contributed by atoms with E-state index in [0.29, 0.717) is 35.4 Å². The van der Waals surface area contributed by atoms with Gasteiger partial charge < -0.3 is 20.1 Å². The minimum absolute atomic E-state index is 0.0755. The molecule has 9 nitrogen and oxygen atoms in total. The molecule has 33 heavy (non-hydrogen) atoms. The number of aliphatic hydroxyl groups is 1. The molecule has 1 unspecified atom stereocenters. The van der Waals surface area contributed by atoms with Crippen molar-refractivity contribution in [3.8, 4) is 11.8 Å². The first kappa shape index (κ1) is 22.8. The number of nitrogens with two attached hydrogens (primary N) is 1. The predicted octanol–water partition coefficient (Wildman–Crippen LogP) is 1.23. The van der Waals surface area contributed by atoms with E-state index in [2.05, 4.69) is 5.32 Å². The molecule has 1 atom stereocenters. The van der Waals surface area contributed by atoms with Gasteiger partial charge in [0.25, 0.3) is 5.91 Å². The Morgan fingerprint density at radius 1 is 1.30 bits per heavy atom. The van der Waals surface area contributed by atoms with Crippen molar-refractivity contribution in [2.45, 2.75) is 30.4 Å². The van der Waals surface area contributed by atoms with Crippen LogP contribution < -0.4 is 20.1 Å². The van der Waals surface area contributed by atoms with Gasteiger partial charge in [-0.2, -0.15) is 5.26 Å². The second-order valence-electron chi connectivity index (χ2n) is 8.29. The van der Waals surface area contributed by atoms with E-state index in [1.165, 1.54) is 4.90 Å². The molecule has 1 amide bonds. The fourth-order valence-electron chi connectivity index (χ4n) is 3.75. The zero-order chi connectivity index (χ0) is 23.8. The Morgan fingerprint density at radius 2 is 2.00 bits per heavy atom. The lowest BCUT2D eigenvalue weighted by Crippen LogP contribution is -2.42. The molecule has 10 heteroatoms. The number of hydrogen-bond acceptors (Lipinski definition) is 7. The topological polar surface area (TPSA) is 146 Å². The minimum atomic E-state index is -3.73. The highest BCUT2D eigenvalue weighted by Gasteiger charge is 2.54. The molecule has 4 rings (SSSR count). The highest BCUT2D eigenvalue weighted by molar-refractivity contribution is 7.90. The molecule has 0 spiro atoms. The van der Waals surface area contributed by atoms with Gasteiger partial charge >= 0.3 is 0 Å². The minimum Gasteiger partial charge on any atom is -0.490 e. The second kappa shape index (κ2) is 8.51. The standard InChI is InChI=1S/C23H24N4O5S/c1-27-20-17(3-2-4-19(20)32-14-23(9-10-23)33(25,30)31)11-18(22(27)29)21(28)26-13-16-7-5-15(12-24)6-8-16/h2-8,11,22,29H,9-10,13-14H2,1H3,(H,26,28)(H2,25,30,31). The maximum Gasteiger partial charge on any atom is 0.252 e. The molecule has 2 aliphatic rings. The normalized spacial score (nSPS) is 18.5. The van der Waals surface area contributed by atoms with Gasteiger partial charge in [-0.1, -0.05) is 24.3 Å². The molecule has 4 N–H and O–H groups in total. The van der Waals surface area contributed by atoms with Gasteiger partial charge in [0.15, 0.2) is 6.23 Å². The number of amides is 1. The number of carbonyl (C=O) groups excluding carboxylic acids is 1. The molecule has 0 radical (unpaired) electrons. The van der Waals surface area contributed by atoms with Gasteiger partial charge in [-0.3, -0.25) is 4.79 Å². The van der Waals surface area contributed by atoms with Gasteiger partial charge in [0.2, 0.25) is 10.0 Å². The van der Waals surface area contributed by atoms with Crippen molar-refractivity contribution in [3.63, 3.8) is 0 Å². The van der Waals surface area contributed by atoms with Gasteiger partial charge in [-0.25, -0.2) is 13.6 Å². The maximum absolute atomic E-state index is 12.8. The molecule has 1 fully saturated rings. The van der Waals surface area contributed by atoms with Crippen LogP contribution in [0.5, 0.6) is 5.75 Å². The molecule has 1 aliphatic carbocycles. The summed E-state index contributed by atoms with van der Waals surface area (Å²) in [5.74, 6) is -0.0286. The van der Waals surface area contributed by atoms with Crippen molar-refractivity contribution < 1.29 is 23.1 Å². The Kier molecular flexibility index (Phi) is 5.88. The number of rotatable bonds is 7. The van der Waals surface area contributed by atoms with Crippen LogP contribution in [0.25, 0.3) is 6.08 Å². The Bertz CT molecular complexity index is 1260. The molecule has 1 saturated carbocycles. The zero-order valence-electron chi connectivity index (χ0n) is 18.0. The number of fused-ring (bicyclic) bond motifs is 1. The van der Waals surface area contributed by atoms with Crippen LogP contribution in [-0.2, 0) is 21.4 Å². The van der Waals surface area contributed by atoms with Gasteiger partial charge in [0, 0.05) is 19.2 Å². The summed E-state index contributed by atoms with van der Waals surface area (Å²) in [5.41, 5.74) is 2.73. The fourth-order valence-corrected chi connectivity index (χ4v) is 4.64. The molecule has 2 aromatic carbocycles. The molecule has 1 heterocycles. The quantitative estimate of drug-likeness (QED) is 0.554. The number of nitrogens with one attached hydrogen (secondary N) is 1. The molecular formula is C23H24N4O5S. The Hall–Kier alpha value is -3.39. The van der Waals surface area contributed by atoms with Crippen molar-refractivity contribution in [2.75, 3.05) is 18.6 Å². The van der Waals surface area contributed by atoms with Gasteiger partial charge in [0.1, 0.15) is 17.1 Å². The predicted molar refractivity (Wildman–Crippen MR) is 122 cm³/mol. The van der Waals surface area contributed by atoms with Crippen LogP contribution >= 0.6 is 0 Å². The Morgan fingerprint density at radius 3 is 2.61 bits per heavy atom. The highest BCUT2D eigenvalue weighted by Crippen LogP contribution is 2.44. The number of likely N-dealkylation sites (N-methyl/N-ethyl adjacent to an activating group) is 1. The van der Waals surface area contributed by atoms with E-state index < -0.39 is 26.9 Å². The first-order chi connectivity index (χ1) is 15.6. The number of ether oxygens (including phenoxy) is 1. The van der Waals surface area contributed by atoms with Crippen molar-refractivity contribution in [3.05, 3.63) is 64.7 Å². The third-order valence-corrected chi connectivity index (χ3v) is 7.77. The number of para-hydroxylation sites is 1. The van der Waals surface area contributed by atoms with E-state index in [-0.39, 0.29) is 18.7 Å². The number of primary sulfonamides is 1. The van der Waals surface area contributed by atoms with Gasteiger partial charge in [-0.05, 0) is 42.7 Å². The van der Waals surface area contributed by atoms with Crippen molar-refractivity contribution in [2.24, 2.45) is 5.14 Å². The molecule has 0 bridgehead atoms. The summed E-state index contributed by atoms with van der Waals surface area (Å²) in [6, 6.07) is 14.1. The Labute approximate surface area is 192 Å². The third kappa shape index (κ3) is 4.43. The van der Waals surface area contributed by atoms with Crippen LogP contribution in [0.3, 0.4) is 0 Å². The van der Waals surface area contributed by atoms with Crippen molar-refractivity contribution in [1.82, 2.24) is 5.32 Å². The lowest BCUT2D eigenvalue weighted by atomic mass is 10.00. The van der Waals surface area contributed by atoms with E-state index in [1.54, 1.807) is 55.6 Å². The number of nitrogens with zero attached hydrogens (tertiary/aromatic N) is 2. The number of nitriles is 1. The van der Waals surface area contributed by atoms with E-state index in [4.69, 9.17) is 15.1 Å². The van der Waals surface area contributed by atoms with Crippen molar-refractivity contribution in [1.29, 1.82) is 5.26 Å². The summed E-state index contributed by atoms with van der Waals surface area (Å²) in [7, 11) is -2.10. The first-order valence-corrected chi connectivity index (χ1v) is 11.9. The Balaban J connectivity index is 1.52. The number of benzene rings is 2. The average molecular weight is 469 g/mol. The monoisotopic (exact) mass is 468 g/mol. The van der Waals surface area contributed by atoms with Crippen LogP contribution in [-0.4, -0.2) is 44.1 Å². The summed E-state index contributed by atoms with van der Waals surface area (Å²) in [4.78, 5) is 14.3. The maximum atomic E-state index is 12.8. The highest BCUT2D eigenvalue weighted by atomic mass is 32.2. The molecule has 0 aromatic heterocycles. The summed E-state index contributed by atoms with van der Waals surface area (Å²) in [6.07, 6.45) is 1.26. The number of hydrogen-bond donors (Lipinski definition) is 3. The van der Waals surface area contributed by atoms with Crippen LogP contribution in [0.2, 0.25) is 0 Å². The molecular weight excluding hydrogens is 444 g/mol. The molecule has 0 saturated heterocycles. The number of aliphatic hydroxyl groups excluding tert-OH is 1. The summed E-state index contributed by atoms with van der Waals surface area (Å²) in [5, 5.41) is 27.8. The zero-order valence-corrected chi connectivity index (χ0v) is 18.8. The molecule has 2 aromatic rings. The fraction of sp³-hybridized carbons (Fsp3) is 0.304. The number of carbonyl (C=O) groups is 1. The smallest absolute Gasteiger partial charge is 0.252 e. The first-order valence-electron chi connectivity index (χ1n) is 10.3. The third-order valence-electron chi connectivity index (χ3n) is 6.04. The van der Waals surface area contributed by atoms with Crippen LogP contribution in [0, 0.1) is 11.3 Å². The largest absolute Gasteiger partial charge is 0.490 e.